The molecule has 7 heteroatoms. The molecule has 114 valence electrons. The van der Waals surface area contributed by atoms with Crippen LogP contribution in [0.15, 0.2) is 18.2 Å². The van der Waals surface area contributed by atoms with Crippen molar-refractivity contribution in [3.8, 4) is 0 Å². The molecule has 0 aromatic heterocycles. The van der Waals surface area contributed by atoms with Crippen molar-refractivity contribution in [1.82, 2.24) is 4.90 Å². The zero-order valence-electron chi connectivity index (χ0n) is 11.4. The highest BCUT2D eigenvalue weighted by atomic mass is 35.5. The van der Waals surface area contributed by atoms with Gasteiger partial charge in [0.1, 0.15) is 6.04 Å². The second kappa shape index (κ2) is 6.64. The highest BCUT2D eigenvalue weighted by Gasteiger charge is 2.39. The third kappa shape index (κ3) is 3.48. The second-order valence-corrected chi connectivity index (χ2v) is 5.68. The summed E-state index contributed by atoms with van der Waals surface area (Å²) in [6.07, 6.45) is -0.0104. The van der Waals surface area contributed by atoms with Crippen LogP contribution >= 0.6 is 23.2 Å². The van der Waals surface area contributed by atoms with Gasteiger partial charge in [-0.2, -0.15) is 0 Å². The standard InChI is InChI=1S/C14H15Cl2NO4/c1-21-8-5-12(14(19)20)17(7-8)13(18)6-9-10(15)3-2-4-11(9)16/h2-4,8,12H,5-7H2,1H3,(H,19,20). The van der Waals surface area contributed by atoms with E-state index in [0.29, 0.717) is 15.6 Å². The van der Waals surface area contributed by atoms with Gasteiger partial charge in [-0.25, -0.2) is 4.79 Å². The summed E-state index contributed by atoms with van der Waals surface area (Å²) in [5, 5.41) is 10.0. The number of benzene rings is 1. The predicted molar refractivity (Wildman–Crippen MR) is 78.7 cm³/mol. The molecule has 0 radical (unpaired) electrons. The van der Waals surface area contributed by atoms with Crippen LogP contribution in [0.5, 0.6) is 0 Å². The number of halogens is 2. The molecule has 1 aromatic rings. The monoisotopic (exact) mass is 331 g/mol. The van der Waals surface area contributed by atoms with Gasteiger partial charge in [-0.15, -0.1) is 0 Å². The number of hydrogen-bond donors (Lipinski definition) is 1. The van der Waals surface area contributed by atoms with E-state index in [0.717, 1.165) is 0 Å². The maximum atomic E-state index is 12.4. The van der Waals surface area contributed by atoms with Gasteiger partial charge in [0.05, 0.1) is 12.5 Å². The van der Waals surface area contributed by atoms with Gasteiger partial charge in [0, 0.05) is 30.1 Å². The summed E-state index contributed by atoms with van der Waals surface area (Å²) >= 11 is 12.1. The fourth-order valence-corrected chi connectivity index (χ4v) is 2.96. The molecule has 0 bridgehead atoms. The number of carbonyl (C=O) groups excluding carboxylic acids is 1. The molecule has 1 saturated heterocycles. The summed E-state index contributed by atoms with van der Waals surface area (Å²) in [5.74, 6) is -1.36. The van der Waals surface area contributed by atoms with Crippen LogP contribution in [0, 0.1) is 0 Å². The van der Waals surface area contributed by atoms with Crippen molar-refractivity contribution < 1.29 is 19.4 Å². The van der Waals surface area contributed by atoms with Crippen LogP contribution in [0.2, 0.25) is 10.0 Å². The quantitative estimate of drug-likeness (QED) is 0.918. The van der Waals surface area contributed by atoms with Crippen molar-refractivity contribution in [1.29, 1.82) is 0 Å². The number of amides is 1. The molecule has 1 aliphatic heterocycles. The van der Waals surface area contributed by atoms with Crippen LogP contribution in [0.1, 0.15) is 12.0 Å². The first-order valence-corrected chi connectivity index (χ1v) is 7.17. The number of likely N-dealkylation sites (tertiary alicyclic amines) is 1. The molecule has 0 saturated carbocycles. The molecule has 2 rings (SSSR count). The fraction of sp³-hybridized carbons (Fsp3) is 0.429. The number of hydrogen-bond acceptors (Lipinski definition) is 3. The SMILES string of the molecule is COC1CC(C(=O)O)N(C(=O)Cc2c(Cl)cccc2Cl)C1. The van der Waals surface area contributed by atoms with E-state index in [-0.39, 0.29) is 31.4 Å². The molecular formula is C14H15Cl2NO4. The summed E-state index contributed by atoms with van der Waals surface area (Å²) < 4.78 is 5.16. The Morgan fingerprint density at radius 1 is 1.38 bits per heavy atom. The van der Waals surface area contributed by atoms with E-state index in [2.05, 4.69) is 0 Å². The number of carbonyl (C=O) groups is 2. The Balaban J connectivity index is 2.17. The van der Waals surface area contributed by atoms with Gasteiger partial charge in [0.25, 0.3) is 0 Å². The van der Waals surface area contributed by atoms with E-state index >= 15 is 0 Å². The molecule has 1 heterocycles. The summed E-state index contributed by atoms with van der Waals surface area (Å²) in [5.41, 5.74) is 0.510. The number of carboxylic acid groups (broad SMARTS) is 1. The fourth-order valence-electron chi connectivity index (χ4n) is 2.43. The minimum absolute atomic E-state index is 0.0290. The summed E-state index contributed by atoms with van der Waals surface area (Å²) in [6, 6.07) is 4.11. The average Bonchev–Trinajstić information content (AvgIpc) is 2.87. The van der Waals surface area contributed by atoms with Gasteiger partial charge < -0.3 is 14.7 Å². The van der Waals surface area contributed by atoms with E-state index in [9.17, 15) is 14.7 Å². The predicted octanol–water partition coefficient (Wildman–Crippen LogP) is 2.24. The Labute approximate surface area is 132 Å². The normalized spacial score (nSPS) is 21.6. The Kier molecular flexibility index (Phi) is 5.08. The summed E-state index contributed by atoms with van der Waals surface area (Å²) in [4.78, 5) is 25.0. The topological polar surface area (TPSA) is 66.8 Å². The van der Waals surface area contributed by atoms with Gasteiger partial charge in [0.15, 0.2) is 0 Å². The van der Waals surface area contributed by atoms with E-state index < -0.39 is 12.0 Å². The second-order valence-electron chi connectivity index (χ2n) is 4.87. The summed E-state index contributed by atoms with van der Waals surface area (Å²) in [6.45, 7) is 0.258. The van der Waals surface area contributed by atoms with Crippen molar-refractivity contribution in [2.24, 2.45) is 0 Å². The Bertz CT molecular complexity index is 544. The van der Waals surface area contributed by atoms with Crippen LogP contribution in [-0.2, 0) is 20.7 Å². The first-order valence-electron chi connectivity index (χ1n) is 6.42. The minimum Gasteiger partial charge on any atom is -0.480 e. The van der Waals surface area contributed by atoms with E-state index in [4.69, 9.17) is 27.9 Å². The highest BCUT2D eigenvalue weighted by molar-refractivity contribution is 6.36. The molecule has 1 aromatic carbocycles. The number of carboxylic acids is 1. The number of ether oxygens (including phenoxy) is 1. The molecule has 1 fully saturated rings. The lowest BCUT2D eigenvalue weighted by atomic mass is 10.1. The van der Waals surface area contributed by atoms with Gasteiger partial charge in [-0.1, -0.05) is 29.3 Å². The van der Waals surface area contributed by atoms with Crippen molar-refractivity contribution in [3.63, 3.8) is 0 Å². The molecule has 1 aliphatic rings. The van der Waals surface area contributed by atoms with Gasteiger partial charge in [-0.05, 0) is 17.7 Å². The molecule has 1 N–H and O–H groups in total. The van der Waals surface area contributed by atoms with Gasteiger partial charge >= 0.3 is 5.97 Å². The van der Waals surface area contributed by atoms with Gasteiger partial charge in [0.2, 0.25) is 5.91 Å². The maximum absolute atomic E-state index is 12.4. The first-order chi connectivity index (χ1) is 9.93. The van der Waals surface area contributed by atoms with Crippen LogP contribution in [0.3, 0.4) is 0 Å². The van der Waals surface area contributed by atoms with Crippen LogP contribution < -0.4 is 0 Å². The number of rotatable bonds is 4. The Hall–Kier alpha value is -1.30. The first kappa shape index (κ1) is 16.1. The molecule has 1 amide bonds. The van der Waals surface area contributed by atoms with Crippen molar-refractivity contribution in [3.05, 3.63) is 33.8 Å². The van der Waals surface area contributed by atoms with Crippen LogP contribution in [0.25, 0.3) is 0 Å². The Morgan fingerprint density at radius 3 is 2.52 bits per heavy atom. The zero-order valence-corrected chi connectivity index (χ0v) is 12.9. The van der Waals surface area contributed by atoms with Crippen molar-refractivity contribution in [2.75, 3.05) is 13.7 Å². The van der Waals surface area contributed by atoms with Crippen LogP contribution in [-0.4, -0.2) is 47.7 Å². The largest absolute Gasteiger partial charge is 0.480 e. The van der Waals surface area contributed by atoms with E-state index in [1.165, 1.54) is 12.0 Å². The lowest BCUT2D eigenvalue weighted by molar-refractivity contribution is -0.148. The molecule has 21 heavy (non-hydrogen) atoms. The third-order valence-corrected chi connectivity index (χ3v) is 4.30. The van der Waals surface area contributed by atoms with Gasteiger partial charge in [-0.3, -0.25) is 4.79 Å². The maximum Gasteiger partial charge on any atom is 0.326 e. The molecule has 2 unspecified atom stereocenters. The molecule has 2 atom stereocenters. The molecule has 5 nitrogen and oxygen atoms in total. The van der Waals surface area contributed by atoms with E-state index in [1.54, 1.807) is 18.2 Å². The number of methoxy groups -OCH3 is 1. The molecule has 0 aliphatic carbocycles. The zero-order chi connectivity index (χ0) is 15.6. The van der Waals surface area contributed by atoms with Crippen molar-refractivity contribution in [2.45, 2.75) is 25.0 Å². The third-order valence-electron chi connectivity index (χ3n) is 3.59. The van der Waals surface area contributed by atoms with Crippen LogP contribution in [0.4, 0.5) is 0 Å². The lowest BCUT2D eigenvalue weighted by Crippen LogP contribution is -2.41. The number of aliphatic carboxylic acids is 1. The average molecular weight is 332 g/mol. The van der Waals surface area contributed by atoms with Crippen molar-refractivity contribution >= 4 is 35.1 Å². The molecule has 0 spiro atoms. The minimum atomic E-state index is -1.03. The summed E-state index contributed by atoms with van der Waals surface area (Å²) in [7, 11) is 1.50. The molecular weight excluding hydrogens is 317 g/mol. The highest BCUT2D eigenvalue weighted by Crippen LogP contribution is 2.27. The smallest absolute Gasteiger partial charge is 0.326 e. The Morgan fingerprint density at radius 2 is 2.00 bits per heavy atom. The van der Waals surface area contributed by atoms with E-state index in [1.807, 2.05) is 0 Å². The lowest BCUT2D eigenvalue weighted by Gasteiger charge is -2.21. The number of nitrogens with zero attached hydrogens (tertiary/aromatic N) is 1.